The number of anilines is 1. The number of hydrogen-bond donors (Lipinski definition) is 0. The quantitative estimate of drug-likeness (QED) is 0.441. The molecule has 0 bridgehead atoms. The van der Waals surface area contributed by atoms with Crippen LogP contribution in [-0.4, -0.2) is 48.1 Å². The van der Waals surface area contributed by atoms with Crippen LogP contribution < -0.4 is 9.64 Å². The number of rotatable bonds is 6. The smallest absolute Gasteiger partial charge is 0.255 e. The predicted octanol–water partition coefficient (Wildman–Crippen LogP) is 5.82. The molecule has 8 heteroatoms. The number of halogens is 3. The highest BCUT2D eigenvalue weighted by molar-refractivity contribution is 6.33. The van der Waals surface area contributed by atoms with E-state index in [0.717, 1.165) is 18.2 Å². The minimum Gasteiger partial charge on any atom is -0.478 e. The van der Waals surface area contributed by atoms with Crippen molar-refractivity contribution in [2.75, 3.05) is 31.1 Å². The summed E-state index contributed by atoms with van der Waals surface area (Å²) >= 11 is 6.10. The van der Waals surface area contributed by atoms with Crippen LogP contribution in [0, 0.1) is 11.6 Å². The fraction of sp³-hybridized carbons (Fsp3) is 0.308. The summed E-state index contributed by atoms with van der Waals surface area (Å²) < 4.78 is 34.2. The van der Waals surface area contributed by atoms with Gasteiger partial charge in [-0.3, -0.25) is 4.79 Å². The topological polar surface area (TPSA) is 45.7 Å². The lowest BCUT2D eigenvalue weighted by Gasteiger charge is -2.42. The maximum absolute atomic E-state index is 15.2. The summed E-state index contributed by atoms with van der Waals surface area (Å²) in [6.45, 7) is 5.78. The van der Waals surface area contributed by atoms with Gasteiger partial charge in [0.2, 0.25) is 5.88 Å². The average Bonchev–Trinajstić information content (AvgIpc) is 2.84. The molecule has 0 saturated carbocycles. The van der Waals surface area contributed by atoms with E-state index < -0.39 is 5.82 Å². The summed E-state index contributed by atoms with van der Waals surface area (Å²) in [6, 6.07) is 12.5. The van der Waals surface area contributed by atoms with Crippen molar-refractivity contribution in [2.45, 2.75) is 26.3 Å². The van der Waals surface area contributed by atoms with Crippen molar-refractivity contribution in [3.8, 4) is 17.0 Å². The first-order chi connectivity index (χ1) is 16.4. The zero-order chi connectivity index (χ0) is 24.2. The molecule has 0 N–H and O–H groups in total. The van der Waals surface area contributed by atoms with Crippen LogP contribution in [0.1, 0.15) is 30.6 Å². The first-order valence-electron chi connectivity index (χ1n) is 11.3. The molecule has 1 fully saturated rings. The molecule has 3 aromatic rings. The summed E-state index contributed by atoms with van der Waals surface area (Å²) in [4.78, 5) is 21.1. The Bertz CT molecular complexity index is 1190. The third-order valence-electron chi connectivity index (χ3n) is 6.03. The van der Waals surface area contributed by atoms with Crippen LogP contribution in [-0.2, 0) is 0 Å². The fourth-order valence-electron chi connectivity index (χ4n) is 4.31. The van der Waals surface area contributed by atoms with E-state index in [2.05, 4.69) is 9.88 Å². The van der Waals surface area contributed by atoms with E-state index in [4.69, 9.17) is 16.3 Å². The second-order valence-corrected chi connectivity index (χ2v) is 8.49. The summed E-state index contributed by atoms with van der Waals surface area (Å²) in [5.74, 6) is -0.680. The van der Waals surface area contributed by atoms with Gasteiger partial charge >= 0.3 is 0 Å². The first-order valence-corrected chi connectivity index (χ1v) is 11.7. The molecular formula is C26H26ClF2N3O2. The van der Waals surface area contributed by atoms with Crippen molar-refractivity contribution in [2.24, 2.45) is 0 Å². The van der Waals surface area contributed by atoms with Crippen molar-refractivity contribution >= 4 is 23.2 Å². The number of carbonyl (C=O) groups is 1. The van der Waals surface area contributed by atoms with E-state index in [9.17, 15) is 9.18 Å². The molecule has 5 nitrogen and oxygen atoms in total. The highest BCUT2D eigenvalue weighted by Gasteiger charge is 2.30. The molecule has 1 saturated heterocycles. The first kappa shape index (κ1) is 24.0. The Balaban J connectivity index is 1.54. The summed E-state index contributed by atoms with van der Waals surface area (Å²) in [5, 5.41) is 0.0972. The lowest BCUT2D eigenvalue weighted by Crippen LogP contribution is -2.54. The molecule has 0 radical (unpaired) electrons. The summed E-state index contributed by atoms with van der Waals surface area (Å²) in [7, 11) is 0. The Morgan fingerprint density at radius 1 is 1.12 bits per heavy atom. The third-order valence-corrected chi connectivity index (χ3v) is 6.34. The molecule has 1 amide bonds. The van der Waals surface area contributed by atoms with Gasteiger partial charge in [0.25, 0.3) is 5.91 Å². The SMILES string of the molecule is CCOc1ncccc1-c1ccc(N2CCN(C(=O)c3ccc(F)cc3Cl)C[C@H]2CC)cc1F. The fourth-order valence-corrected chi connectivity index (χ4v) is 4.56. The number of aromatic nitrogens is 1. The third kappa shape index (κ3) is 4.85. The van der Waals surface area contributed by atoms with Crippen LogP contribution in [0.4, 0.5) is 14.5 Å². The number of ether oxygens (including phenoxy) is 1. The van der Waals surface area contributed by atoms with Gasteiger partial charge in [0.1, 0.15) is 11.6 Å². The van der Waals surface area contributed by atoms with E-state index in [0.29, 0.717) is 43.2 Å². The van der Waals surface area contributed by atoms with Gasteiger partial charge in [0.05, 0.1) is 17.2 Å². The van der Waals surface area contributed by atoms with Crippen molar-refractivity contribution in [1.29, 1.82) is 0 Å². The van der Waals surface area contributed by atoms with Gasteiger partial charge in [0, 0.05) is 48.7 Å². The lowest BCUT2D eigenvalue weighted by molar-refractivity contribution is 0.0721. The maximum Gasteiger partial charge on any atom is 0.255 e. The number of carbonyl (C=O) groups excluding carboxylic acids is 1. The van der Waals surface area contributed by atoms with Crippen LogP contribution in [0.15, 0.2) is 54.7 Å². The van der Waals surface area contributed by atoms with Crippen molar-refractivity contribution < 1.29 is 18.3 Å². The standard InChI is InChI=1S/C26H26ClF2N3O2/c1-3-18-16-31(26(33)22-9-7-17(28)14-23(22)27)12-13-32(18)19-8-10-20(24(29)15-19)21-6-5-11-30-25(21)34-4-2/h5-11,14-15,18H,3-4,12-13,16H2,1-2H3/t18-/m1/s1. The van der Waals surface area contributed by atoms with Crippen molar-refractivity contribution in [3.63, 3.8) is 0 Å². The van der Waals surface area contributed by atoms with Gasteiger partial charge in [-0.2, -0.15) is 0 Å². The molecule has 178 valence electrons. The largest absolute Gasteiger partial charge is 0.478 e. The molecule has 0 aliphatic carbocycles. The summed E-state index contributed by atoms with van der Waals surface area (Å²) in [5.41, 5.74) is 2.06. The van der Waals surface area contributed by atoms with E-state index >= 15 is 4.39 Å². The Labute approximate surface area is 202 Å². The Morgan fingerprint density at radius 3 is 2.65 bits per heavy atom. The Kier molecular flexibility index (Phi) is 7.32. The van der Waals surface area contributed by atoms with E-state index in [1.165, 1.54) is 18.2 Å². The van der Waals surface area contributed by atoms with Gasteiger partial charge in [0.15, 0.2) is 0 Å². The zero-order valence-electron chi connectivity index (χ0n) is 19.1. The summed E-state index contributed by atoms with van der Waals surface area (Å²) in [6.07, 6.45) is 2.38. The average molecular weight is 486 g/mol. The van der Waals surface area contributed by atoms with Crippen LogP contribution >= 0.6 is 11.6 Å². The van der Waals surface area contributed by atoms with Gasteiger partial charge in [-0.05, 0) is 61.9 Å². The second-order valence-electron chi connectivity index (χ2n) is 8.08. The highest BCUT2D eigenvalue weighted by atomic mass is 35.5. The molecule has 2 heterocycles. The zero-order valence-corrected chi connectivity index (χ0v) is 19.9. The normalized spacial score (nSPS) is 16.0. The molecule has 1 aromatic heterocycles. The molecule has 0 unspecified atom stereocenters. The van der Waals surface area contributed by atoms with Crippen LogP contribution in [0.3, 0.4) is 0 Å². The van der Waals surface area contributed by atoms with Crippen LogP contribution in [0.2, 0.25) is 5.02 Å². The second kappa shape index (κ2) is 10.4. The molecule has 4 rings (SSSR count). The Morgan fingerprint density at radius 2 is 1.94 bits per heavy atom. The van der Waals surface area contributed by atoms with Gasteiger partial charge < -0.3 is 14.5 Å². The van der Waals surface area contributed by atoms with E-state index in [-0.39, 0.29) is 28.4 Å². The molecular weight excluding hydrogens is 460 g/mol. The number of pyridine rings is 1. The molecule has 1 aliphatic rings. The number of nitrogens with zero attached hydrogens (tertiary/aromatic N) is 3. The number of piperazine rings is 1. The number of amides is 1. The van der Waals surface area contributed by atoms with Crippen LogP contribution in [0.5, 0.6) is 5.88 Å². The Hall–Kier alpha value is -3.19. The lowest BCUT2D eigenvalue weighted by atomic mass is 10.0. The monoisotopic (exact) mass is 485 g/mol. The van der Waals surface area contributed by atoms with Crippen molar-refractivity contribution in [3.05, 3.63) is 76.9 Å². The van der Waals surface area contributed by atoms with Gasteiger partial charge in [-0.25, -0.2) is 13.8 Å². The number of hydrogen-bond acceptors (Lipinski definition) is 4. The number of benzene rings is 2. The predicted molar refractivity (Wildman–Crippen MR) is 130 cm³/mol. The van der Waals surface area contributed by atoms with Crippen LogP contribution in [0.25, 0.3) is 11.1 Å². The molecule has 1 aliphatic heterocycles. The van der Waals surface area contributed by atoms with E-state index in [1.54, 1.807) is 29.3 Å². The molecule has 34 heavy (non-hydrogen) atoms. The molecule has 2 aromatic carbocycles. The molecule has 1 atom stereocenters. The van der Waals surface area contributed by atoms with E-state index in [1.807, 2.05) is 19.9 Å². The van der Waals surface area contributed by atoms with Crippen molar-refractivity contribution in [1.82, 2.24) is 9.88 Å². The molecule has 0 spiro atoms. The highest BCUT2D eigenvalue weighted by Crippen LogP contribution is 2.33. The van der Waals surface area contributed by atoms with Gasteiger partial charge in [-0.1, -0.05) is 18.5 Å². The van der Waals surface area contributed by atoms with Gasteiger partial charge in [-0.15, -0.1) is 0 Å². The maximum atomic E-state index is 15.2. The minimum atomic E-state index is -0.483. The minimum absolute atomic E-state index is 0.000415.